The number of hydrogen-bond donors (Lipinski definition) is 2. The summed E-state index contributed by atoms with van der Waals surface area (Å²) in [6.45, 7) is 2.17. The Bertz CT molecular complexity index is 816. The Balaban J connectivity index is 2.08. The quantitative estimate of drug-likeness (QED) is 0.720. The SMILES string of the molecule is CN(CC(C)(CO)CO)c1nc(-c2ccsc2)nc2ccccc12. The maximum atomic E-state index is 9.58. The number of aliphatic hydroxyl groups excluding tert-OH is 2. The van der Waals surface area contributed by atoms with E-state index in [4.69, 9.17) is 4.98 Å². The lowest BCUT2D eigenvalue weighted by Crippen LogP contribution is -2.39. The predicted octanol–water partition coefficient (Wildman–Crippen LogP) is 2.79. The molecule has 0 amide bonds. The van der Waals surface area contributed by atoms with E-state index in [0.717, 1.165) is 22.3 Å². The Kier molecular flexibility index (Phi) is 4.80. The molecule has 0 fully saturated rings. The van der Waals surface area contributed by atoms with Crippen LogP contribution in [0.2, 0.25) is 0 Å². The normalized spacial score (nSPS) is 11.8. The van der Waals surface area contributed by atoms with E-state index < -0.39 is 5.41 Å². The van der Waals surface area contributed by atoms with E-state index in [1.54, 1.807) is 11.3 Å². The fraction of sp³-hybridized carbons (Fsp3) is 0.333. The van der Waals surface area contributed by atoms with Gasteiger partial charge in [-0.15, -0.1) is 0 Å². The topological polar surface area (TPSA) is 69.5 Å². The Labute approximate surface area is 145 Å². The van der Waals surface area contributed by atoms with Crippen molar-refractivity contribution < 1.29 is 10.2 Å². The van der Waals surface area contributed by atoms with Crippen LogP contribution in [0.5, 0.6) is 0 Å². The van der Waals surface area contributed by atoms with E-state index in [1.165, 1.54) is 0 Å². The highest BCUT2D eigenvalue weighted by Gasteiger charge is 2.26. The molecule has 1 aromatic carbocycles. The number of aromatic nitrogens is 2. The van der Waals surface area contributed by atoms with Gasteiger partial charge in [0.15, 0.2) is 5.82 Å². The second-order valence-corrected chi connectivity index (χ2v) is 7.16. The highest BCUT2D eigenvalue weighted by molar-refractivity contribution is 7.08. The minimum Gasteiger partial charge on any atom is -0.396 e. The van der Waals surface area contributed by atoms with E-state index in [-0.39, 0.29) is 13.2 Å². The monoisotopic (exact) mass is 343 g/mol. The fourth-order valence-corrected chi connectivity index (χ4v) is 3.30. The molecule has 2 N–H and O–H groups in total. The molecule has 0 unspecified atom stereocenters. The largest absolute Gasteiger partial charge is 0.396 e. The number of rotatable bonds is 6. The molecule has 3 rings (SSSR count). The maximum Gasteiger partial charge on any atom is 0.162 e. The molecule has 0 aliphatic carbocycles. The van der Waals surface area contributed by atoms with Gasteiger partial charge in [-0.2, -0.15) is 11.3 Å². The summed E-state index contributed by atoms with van der Waals surface area (Å²) in [5.74, 6) is 1.49. The third-order valence-corrected chi connectivity index (χ3v) is 4.79. The van der Waals surface area contributed by atoms with Crippen LogP contribution >= 0.6 is 11.3 Å². The summed E-state index contributed by atoms with van der Waals surface area (Å²) in [5, 5.41) is 24.2. The summed E-state index contributed by atoms with van der Waals surface area (Å²) in [6, 6.07) is 9.89. The second-order valence-electron chi connectivity index (χ2n) is 6.38. The summed E-state index contributed by atoms with van der Waals surface area (Å²) in [4.78, 5) is 11.4. The van der Waals surface area contributed by atoms with E-state index in [0.29, 0.717) is 12.4 Å². The third-order valence-electron chi connectivity index (χ3n) is 4.11. The molecule has 0 bridgehead atoms. The second kappa shape index (κ2) is 6.84. The van der Waals surface area contributed by atoms with Crippen molar-refractivity contribution in [2.75, 3.05) is 31.7 Å². The molecular weight excluding hydrogens is 322 g/mol. The molecule has 126 valence electrons. The fourth-order valence-electron chi connectivity index (χ4n) is 2.67. The summed E-state index contributed by atoms with van der Waals surface area (Å²) in [7, 11) is 1.93. The highest BCUT2D eigenvalue weighted by atomic mass is 32.1. The van der Waals surface area contributed by atoms with Crippen LogP contribution in [0.1, 0.15) is 6.92 Å². The van der Waals surface area contributed by atoms with Crippen LogP contribution in [0, 0.1) is 5.41 Å². The van der Waals surface area contributed by atoms with E-state index in [1.807, 2.05) is 60.0 Å². The first-order valence-electron chi connectivity index (χ1n) is 7.78. The van der Waals surface area contributed by atoms with Gasteiger partial charge in [0, 0.05) is 35.3 Å². The number of hydrogen-bond acceptors (Lipinski definition) is 6. The van der Waals surface area contributed by atoms with Gasteiger partial charge in [-0.05, 0) is 23.6 Å². The Morgan fingerprint density at radius 3 is 2.54 bits per heavy atom. The zero-order valence-electron chi connectivity index (χ0n) is 13.8. The number of para-hydroxylation sites is 1. The Morgan fingerprint density at radius 2 is 1.88 bits per heavy atom. The molecule has 2 aromatic heterocycles. The lowest BCUT2D eigenvalue weighted by molar-refractivity contribution is 0.0762. The van der Waals surface area contributed by atoms with E-state index >= 15 is 0 Å². The van der Waals surface area contributed by atoms with Crippen molar-refractivity contribution >= 4 is 28.1 Å². The molecule has 24 heavy (non-hydrogen) atoms. The standard InChI is InChI=1S/C18H21N3O2S/c1-18(11-22,12-23)10-21(2)17-14-5-3-4-6-15(14)19-16(20-17)13-7-8-24-9-13/h3-9,22-23H,10-12H2,1-2H3. The predicted molar refractivity (Wildman–Crippen MR) is 98.4 cm³/mol. The number of nitrogens with zero attached hydrogens (tertiary/aromatic N) is 3. The van der Waals surface area contributed by atoms with Crippen molar-refractivity contribution in [3.63, 3.8) is 0 Å². The maximum absolute atomic E-state index is 9.58. The van der Waals surface area contributed by atoms with Crippen LogP contribution in [0.4, 0.5) is 5.82 Å². The van der Waals surface area contributed by atoms with Crippen LogP contribution in [-0.4, -0.2) is 47.0 Å². The summed E-state index contributed by atoms with van der Waals surface area (Å²) >= 11 is 1.61. The lowest BCUT2D eigenvalue weighted by Gasteiger charge is -2.31. The van der Waals surface area contributed by atoms with E-state index in [9.17, 15) is 10.2 Å². The first-order valence-corrected chi connectivity index (χ1v) is 8.73. The minimum absolute atomic E-state index is 0.0890. The van der Waals surface area contributed by atoms with Gasteiger partial charge in [0.05, 0.1) is 18.7 Å². The van der Waals surface area contributed by atoms with Crippen LogP contribution in [0.15, 0.2) is 41.1 Å². The molecule has 0 saturated carbocycles. The zero-order valence-corrected chi connectivity index (χ0v) is 14.6. The van der Waals surface area contributed by atoms with Crippen LogP contribution in [0.25, 0.3) is 22.3 Å². The van der Waals surface area contributed by atoms with Crippen molar-refractivity contribution in [1.29, 1.82) is 0 Å². The zero-order chi connectivity index (χ0) is 17.2. The molecule has 5 nitrogen and oxygen atoms in total. The molecule has 2 heterocycles. The van der Waals surface area contributed by atoms with Crippen molar-refractivity contribution in [2.45, 2.75) is 6.92 Å². The van der Waals surface area contributed by atoms with Crippen molar-refractivity contribution in [1.82, 2.24) is 9.97 Å². The van der Waals surface area contributed by atoms with Crippen LogP contribution in [0.3, 0.4) is 0 Å². The first-order chi connectivity index (χ1) is 11.6. The molecule has 0 aliphatic rings. The molecule has 0 radical (unpaired) electrons. The minimum atomic E-state index is -0.594. The van der Waals surface area contributed by atoms with Gasteiger partial charge in [-0.1, -0.05) is 19.1 Å². The smallest absolute Gasteiger partial charge is 0.162 e. The number of fused-ring (bicyclic) bond motifs is 1. The number of thiophene rings is 1. The molecule has 6 heteroatoms. The van der Waals surface area contributed by atoms with Gasteiger partial charge < -0.3 is 15.1 Å². The Hall–Kier alpha value is -2.02. The molecule has 0 saturated heterocycles. The highest BCUT2D eigenvalue weighted by Crippen LogP contribution is 2.29. The number of anilines is 1. The van der Waals surface area contributed by atoms with Gasteiger partial charge in [-0.25, -0.2) is 9.97 Å². The molecular formula is C18H21N3O2S. The van der Waals surface area contributed by atoms with E-state index in [2.05, 4.69) is 4.98 Å². The molecule has 0 aliphatic heterocycles. The van der Waals surface area contributed by atoms with Crippen molar-refractivity contribution in [3.8, 4) is 11.4 Å². The molecule has 3 aromatic rings. The average Bonchev–Trinajstić information content (AvgIpc) is 3.15. The van der Waals surface area contributed by atoms with Crippen molar-refractivity contribution in [3.05, 3.63) is 41.1 Å². The first kappa shape index (κ1) is 16.8. The van der Waals surface area contributed by atoms with Gasteiger partial charge >= 0.3 is 0 Å². The van der Waals surface area contributed by atoms with Crippen LogP contribution < -0.4 is 4.90 Å². The molecule has 0 spiro atoms. The van der Waals surface area contributed by atoms with Crippen molar-refractivity contribution in [2.24, 2.45) is 5.41 Å². The molecule has 0 atom stereocenters. The van der Waals surface area contributed by atoms with Gasteiger partial charge in [0.2, 0.25) is 0 Å². The summed E-state index contributed by atoms with van der Waals surface area (Å²) in [5.41, 5.74) is 1.28. The summed E-state index contributed by atoms with van der Waals surface area (Å²) < 4.78 is 0. The van der Waals surface area contributed by atoms with Crippen LogP contribution in [-0.2, 0) is 0 Å². The average molecular weight is 343 g/mol. The van der Waals surface area contributed by atoms with Gasteiger partial charge in [0.1, 0.15) is 5.82 Å². The van der Waals surface area contributed by atoms with Gasteiger partial charge in [-0.3, -0.25) is 0 Å². The number of aliphatic hydroxyl groups is 2. The van der Waals surface area contributed by atoms with Gasteiger partial charge in [0.25, 0.3) is 0 Å². The third kappa shape index (κ3) is 3.26. The Morgan fingerprint density at radius 1 is 1.12 bits per heavy atom. The lowest BCUT2D eigenvalue weighted by atomic mass is 9.92. The summed E-state index contributed by atoms with van der Waals surface area (Å²) in [6.07, 6.45) is 0. The number of benzene rings is 1.